The molecule has 0 aromatic carbocycles. The molecule has 2 heterocycles. The van der Waals surface area contributed by atoms with E-state index in [-0.39, 0.29) is 5.91 Å². The van der Waals surface area contributed by atoms with Crippen molar-refractivity contribution in [1.29, 1.82) is 0 Å². The number of amides is 1. The van der Waals surface area contributed by atoms with Crippen LogP contribution in [0.5, 0.6) is 5.75 Å². The molecule has 1 aromatic rings. The second-order valence-electron chi connectivity index (χ2n) is 6.55. The van der Waals surface area contributed by atoms with Gasteiger partial charge in [-0.2, -0.15) is 0 Å². The van der Waals surface area contributed by atoms with Crippen LogP contribution in [0.25, 0.3) is 0 Å². The van der Waals surface area contributed by atoms with E-state index in [1.54, 1.807) is 13.3 Å². The number of carbonyl (C=O) groups is 1. The van der Waals surface area contributed by atoms with Crippen molar-refractivity contribution in [3.63, 3.8) is 0 Å². The molecule has 1 saturated heterocycles. The Bertz CT molecular complexity index is 549. The van der Waals surface area contributed by atoms with Crippen LogP contribution < -0.4 is 15.4 Å². The van der Waals surface area contributed by atoms with Crippen molar-refractivity contribution in [2.75, 3.05) is 38.2 Å². The Labute approximate surface area is 137 Å². The van der Waals surface area contributed by atoms with E-state index in [0.717, 1.165) is 50.3 Å². The van der Waals surface area contributed by atoms with Crippen molar-refractivity contribution in [2.45, 2.75) is 37.6 Å². The van der Waals surface area contributed by atoms with Crippen LogP contribution in [-0.2, 0) is 4.79 Å². The number of hydrogen-bond acceptors (Lipinski definition) is 5. The normalized spacial score (nSPS) is 21.1. The lowest BCUT2D eigenvalue weighted by molar-refractivity contribution is -0.138. The molecular weight excluding hydrogens is 292 g/mol. The Morgan fingerprint density at radius 2 is 1.91 bits per heavy atom. The average molecular weight is 318 g/mol. The summed E-state index contributed by atoms with van der Waals surface area (Å²) in [4.78, 5) is 21.3. The lowest BCUT2D eigenvalue weighted by Crippen LogP contribution is -2.60. The summed E-state index contributed by atoms with van der Waals surface area (Å²) >= 11 is 0. The van der Waals surface area contributed by atoms with Gasteiger partial charge in [0.05, 0.1) is 12.6 Å². The Balaban J connectivity index is 1.60. The zero-order chi connectivity index (χ0) is 16.3. The molecule has 126 valence electrons. The Hall–Kier alpha value is -1.82. The quantitative estimate of drug-likeness (QED) is 0.912. The van der Waals surface area contributed by atoms with Gasteiger partial charge in [0, 0.05) is 38.4 Å². The van der Waals surface area contributed by atoms with Crippen molar-refractivity contribution in [3.8, 4) is 5.75 Å². The maximum absolute atomic E-state index is 12.8. The molecule has 2 aliphatic rings. The highest BCUT2D eigenvalue weighted by Crippen LogP contribution is 2.28. The highest BCUT2D eigenvalue weighted by Gasteiger charge is 2.39. The highest BCUT2D eigenvalue weighted by molar-refractivity contribution is 5.86. The monoisotopic (exact) mass is 318 g/mol. The second kappa shape index (κ2) is 6.74. The number of hydrogen-bond donors (Lipinski definition) is 1. The van der Waals surface area contributed by atoms with Gasteiger partial charge in [0.2, 0.25) is 5.91 Å². The summed E-state index contributed by atoms with van der Waals surface area (Å²) in [7, 11) is 1.65. The fourth-order valence-corrected chi connectivity index (χ4v) is 3.55. The average Bonchev–Trinajstić information content (AvgIpc) is 2.62. The van der Waals surface area contributed by atoms with E-state index < -0.39 is 5.54 Å². The third-order valence-corrected chi connectivity index (χ3v) is 5.02. The van der Waals surface area contributed by atoms with E-state index in [0.29, 0.717) is 13.1 Å². The van der Waals surface area contributed by atoms with Gasteiger partial charge in [0.1, 0.15) is 11.6 Å². The standard InChI is InChI=1S/C17H26N4O2/c1-23-14-5-8-19-15(13-14)20-9-11-21(12-10-20)16(22)17(18)6-3-2-4-7-17/h5,8,13H,2-4,6-7,9-12,18H2,1H3. The fourth-order valence-electron chi connectivity index (χ4n) is 3.55. The highest BCUT2D eigenvalue weighted by atomic mass is 16.5. The number of nitrogens with two attached hydrogens (primary N) is 1. The summed E-state index contributed by atoms with van der Waals surface area (Å²) in [6.07, 6.45) is 6.73. The van der Waals surface area contributed by atoms with E-state index in [2.05, 4.69) is 9.88 Å². The van der Waals surface area contributed by atoms with Crippen LogP contribution in [-0.4, -0.2) is 54.6 Å². The molecule has 1 aliphatic heterocycles. The minimum atomic E-state index is -0.630. The molecule has 1 aliphatic carbocycles. The van der Waals surface area contributed by atoms with Crippen LogP contribution in [0, 0.1) is 0 Å². The van der Waals surface area contributed by atoms with Gasteiger partial charge in [0.25, 0.3) is 0 Å². The van der Waals surface area contributed by atoms with E-state index in [4.69, 9.17) is 10.5 Å². The largest absolute Gasteiger partial charge is 0.497 e. The number of methoxy groups -OCH3 is 1. The van der Waals surface area contributed by atoms with Crippen molar-refractivity contribution >= 4 is 11.7 Å². The first-order chi connectivity index (χ1) is 11.1. The second-order valence-corrected chi connectivity index (χ2v) is 6.55. The Morgan fingerprint density at radius 1 is 1.22 bits per heavy atom. The van der Waals surface area contributed by atoms with E-state index in [1.165, 1.54) is 6.42 Å². The van der Waals surface area contributed by atoms with Gasteiger partial charge in [-0.3, -0.25) is 4.79 Å². The van der Waals surface area contributed by atoms with Crippen LogP contribution in [0.15, 0.2) is 18.3 Å². The molecule has 6 heteroatoms. The first-order valence-corrected chi connectivity index (χ1v) is 8.46. The molecular formula is C17H26N4O2. The number of rotatable bonds is 3. The molecule has 0 bridgehead atoms. The molecule has 1 saturated carbocycles. The van der Waals surface area contributed by atoms with Gasteiger partial charge >= 0.3 is 0 Å². The topological polar surface area (TPSA) is 71.7 Å². The van der Waals surface area contributed by atoms with Gasteiger partial charge < -0.3 is 20.3 Å². The molecule has 0 spiro atoms. The van der Waals surface area contributed by atoms with Crippen LogP contribution in [0.1, 0.15) is 32.1 Å². The van der Waals surface area contributed by atoms with Gasteiger partial charge in [-0.1, -0.05) is 19.3 Å². The van der Waals surface area contributed by atoms with Crippen LogP contribution in [0.3, 0.4) is 0 Å². The molecule has 6 nitrogen and oxygen atoms in total. The van der Waals surface area contributed by atoms with E-state index in [9.17, 15) is 4.79 Å². The number of aromatic nitrogens is 1. The van der Waals surface area contributed by atoms with Crippen LogP contribution >= 0.6 is 0 Å². The maximum atomic E-state index is 12.8. The van der Waals surface area contributed by atoms with Crippen molar-refractivity contribution in [2.24, 2.45) is 5.73 Å². The molecule has 3 rings (SSSR count). The smallest absolute Gasteiger partial charge is 0.242 e. The maximum Gasteiger partial charge on any atom is 0.242 e. The SMILES string of the molecule is COc1ccnc(N2CCN(C(=O)C3(N)CCCCC3)CC2)c1. The number of ether oxygens (including phenoxy) is 1. The lowest BCUT2D eigenvalue weighted by atomic mass is 9.81. The van der Waals surface area contributed by atoms with E-state index in [1.807, 2.05) is 17.0 Å². The van der Waals surface area contributed by atoms with E-state index >= 15 is 0 Å². The van der Waals surface area contributed by atoms with Gasteiger partial charge in [0.15, 0.2) is 0 Å². The summed E-state index contributed by atoms with van der Waals surface area (Å²) in [6, 6.07) is 3.77. The zero-order valence-electron chi connectivity index (χ0n) is 13.8. The first kappa shape index (κ1) is 16.1. The lowest BCUT2D eigenvalue weighted by Gasteiger charge is -2.41. The molecule has 2 fully saturated rings. The summed E-state index contributed by atoms with van der Waals surface area (Å²) < 4.78 is 5.25. The Kier molecular flexibility index (Phi) is 4.71. The summed E-state index contributed by atoms with van der Waals surface area (Å²) in [5.74, 6) is 1.84. The molecule has 0 radical (unpaired) electrons. The van der Waals surface area contributed by atoms with Crippen molar-refractivity contribution in [3.05, 3.63) is 18.3 Å². The Morgan fingerprint density at radius 3 is 2.57 bits per heavy atom. The van der Waals surface area contributed by atoms with Crippen LogP contribution in [0.2, 0.25) is 0 Å². The number of anilines is 1. The van der Waals surface area contributed by atoms with Crippen LogP contribution in [0.4, 0.5) is 5.82 Å². The minimum absolute atomic E-state index is 0.135. The molecule has 1 aromatic heterocycles. The van der Waals surface area contributed by atoms with Gasteiger partial charge in [-0.15, -0.1) is 0 Å². The predicted octanol–water partition coefficient (Wildman–Crippen LogP) is 1.40. The van der Waals surface area contributed by atoms with Gasteiger partial charge in [-0.25, -0.2) is 4.98 Å². The van der Waals surface area contributed by atoms with Gasteiger partial charge in [-0.05, 0) is 18.9 Å². The number of pyridine rings is 1. The number of carbonyl (C=O) groups excluding carboxylic acids is 1. The molecule has 1 amide bonds. The van der Waals surface area contributed by atoms with Crippen molar-refractivity contribution in [1.82, 2.24) is 9.88 Å². The molecule has 0 unspecified atom stereocenters. The molecule has 2 N–H and O–H groups in total. The third-order valence-electron chi connectivity index (χ3n) is 5.02. The fraction of sp³-hybridized carbons (Fsp3) is 0.647. The summed E-state index contributed by atoms with van der Waals surface area (Å²) in [5, 5.41) is 0. The number of nitrogens with zero attached hydrogens (tertiary/aromatic N) is 3. The third kappa shape index (κ3) is 3.42. The predicted molar refractivity (Wildman–Crippen MR) is 89.6 cm³/mol. The molecule has 0 atom stereocenters. The summed E-state index contributed by atoms with van der Waals surface area (Å²) in [6.45, 7) is 2.97. The first-order valence-electron chi connectivity index (χ1n) is 8.46. The summed E-state index contributed by atoms with van der Waals surface area (Å²) in [5.41, 5.74) is 5.75. The zero-order valence-corrected chi connectivity index (χ0v) is 13.8. The number of piperazine rings is 1. The van der Waals surface area contributed by atoms with Crippen molar-refractivity contribution < 1.29 is 9.53 Å². The minimum Gasteiger partial charge on any atom is -0.497 e. The molecule has 23 heavy (non-hydrogen) atoms.